The van der Waals surface area contributed by atoms with E-state index in [-0.39, 0.29) is 28.5 Å². The Morgan fingerprint density at radius 3 is 2.60 bits per heavy atom. The number of amides is 1. The SMILES string of the molecule is CCc1ccc(-n2cc(C(=O)O)c(=O)c3cnc(Nc4ccc5c(c4)N(C(C)=O)CC5)nc32)cc1. The van der Waals surface area contributed by atoms with E-state index in [0.717, 1.165) is 29.7 Å². The van der Waals surface area contributed by atoms with Crippen molar-refractivity contribution in [3.63, 3.8) is 0 Å². The molecule has 3 heterocycles. The molecule has 1 aliphatic heterocycles. The molecule has 0 aliphatic carbocycles. The van der Waals surface area contributed by atoms with Crippen molar-refractivity contribution in [3.8, 4) is 5.69 Å². The highest BCUT2D eigenvalue weighted by Gasteiger charge is 2.23. The Kier molecular flexibility index (Phi) is 5.52. The Morgan fingerprint density at radius 1 is 1.14 bits per heavy atom. The third kappa shape index (κ3) is 4.01. The quantitative estimate of drug-likeness (QED) is 0.458. The Hall–Kier alpha value is -4.53. The van der Waals surface area contributed by atoms with Crippen molar-refractivity contribution < 1.29 is 14.7 Å². The number of hydrogen-bond acceptors (Lipinski definition) is 6. The molecular formula is C26H23N5O4. The van der Waals surface area contributed by atoms with Crippen LogP contribution in [0.3, 0.4) is 0 Å². The van der Waals surface area contributed by atoms with Crippen LogP contribution in [0.2, 0.25) is 0 Å². The second-order valence-corrected chi connectivity index (χ2v) is 8.39. The van der Waals surface area contributed by atoms with Gasteiger partial charge in [-0.05, 0) is 48.2 Å². The van der Waals surface area contributed by atoms with Crippen molar-refractivity contribution in [2.45, 2.75) is 26.7 Å². The number of carbonyl (C=O) groups is 2. The van der Waals surface area contributed by atoms with Crippen LogP contribution in [-0.2, 0) is 17.6 Å². The number of aromatic nitrogens is 3. The molecule has 0 bridgehead atoms. The van der Waals surface area contributed by atoms with Gasteiger partial charge < -0.3 is 19.9 Å². The molecule has 1 amide bonds. The zero-order chi connectivity index (χ0) is 24.7. The van der Waals surface area contributed by atoms with E-state index in [0.29, 0.717) is 17.9 Å². The van der Waals surface area contributed by atoms with Gasteiger partial charge in [-0.15, -0.1) is 0 Å². The van der Waals surface area contributed by atoms with E-state index < -0.39 is 11.4 Å². The van der Waals surface area contributed by atoms with Crippen LogP contribution in [-0.4, -0.2) is 38.1 Å². The Labute approximate surface area is 200 Å². The molecule has 35 heavy (non-hydrogen) atoms. The van der Waals surface area contributed by atoms with E-state index in [9.17, 15) is 19.5 Å². The van der Waals surface area contributed by atoms with E-state index >= 15 is 0 Å². The first-order valence-corrected chi connectivity index (χ1v) is 11.3. The number of anilines is 3. The maximum absolute atomic E-state index is 12.8. The molecule has 0 saturated carbocycles. The number of carboxylic acids is 1. The van der Waals surface area contributed by atoms with Crippen LogP contribution in [0.25, 0.3) is 16.7 Å². The van der Waals surface area contributed by atoms with Crippen LogP contribution in [0.15, 0.2) is 59.7 Å². The number of fused-ring (bicyclic) bond motifs is 2. The maximum Gasteiger partial charge on any atom is 0.341 e. The van der Waals surface area contributed by atoms with Crippen molar-refractivity contribution in [2.75, 3.05) is 16.8 Å². The summed E-state index contributed by atoms with van der Waals surface area (Å²) in [5.74, 6) is -1.09. The highest BCUT2D eigenvalue weighted by molar-refractivity contribution is 5.95. The van der Waals surface area contributed by atoms with Crippen LogP contribution < -0.4 is 15.6 Å². The molecule has 9 heteroatoms. The van der Waals surface area contributed by atoms with Gasteiger partial charge in [0, 0.05) is 42.9 Å². The van der Waals surface area contributed by atoms with Crippen LogP contribution in [0.1, 0.15) is 35.3 Å². The summed E-state index contributed by atoms with van der Waals surface area (Å²) in [6.07, 6.45) is 4.30. The lowest BCUT2D eigenvalue weighted by atomic mass is 10.1. The van der Waals surface area contributed by atoms with Crippen LogP contribution in [0, 0.1) is 0 Å². The van der Waals surface area contributed by atoms with Crippen LogP contribution >= 0.6 is 0 Å². The van der Waals surface area contributed by atoms with E-state index in [1.807, 2.05) is 49.4 Å². The molecule has 0 unspecified atom stereocenters. The zero-order valence-electron chi connectivity index (χ0n) is 19.3. The Balaban J connectivity index is 1.61. The molecule has 0 fully saturated rings. The summed E-state index contributed by atoms with van der Waals surface area (Å²) in [5.41, 5.74) is 3.73. The molecule has 9 nitrogen and oxygen atoms in total. The standard InChI is InChI=1S/C26H23N5O4/c1-3-16-4-8-19(9-5-16)31-14-21(25(34)35)23(33)20-13-27-26(29-24(20)31)28-18-7-6-17-10-11-30(15(2)32)22(17)12-18/h4-9,12-14H,3,10-11H2,1-2H3,(H,34,35)(H,27,28,29). The lowest BCUT2D eigenvalue weighted by molar-refractivity contribution is -0.116. The number of pyridine rings is 1. The second-order valence-electron chi connectivity index (χ2n) is 8.39. The summed E-state index contributed by atoms with van der Waals surface area (Å²) in [4.78, 5) is 47.1. The molecule has 1 aliphatic rings. The van der Waals surface area contributed by atoms with Crippen LogP contribution in [0.4, 0.5) is 17.3 Å². The van der Waals surface area contributed by atoms with E-state index in [1.165, 1.54) is 12.4 Å². The molecule has 2 N–H and O–H groups in total. The fourth-order valence-electron chi connectivity index (χ4n) is 4.33. The zero-order valence-corrected chi connectivity index (χ0v) is 19.3. The predicted molar refractivity (Wildman–Crippen MR) is 133 cm³/mol. The van der Waals surface area contributed by atoms with E-state index in [2.05, 4.69) is 15.3 Å². The fourth-order valence-corrected chi connectivity index (χ4v) is 4.33. The second kappa shape index (κ2) is 8.68. The average molecular weight is 470 g/mol. The number of carboxylic acid groups (broad SMARTS) is 1. The van der Waals surface area contributed by atoms with Gasteiger partial charge in [0.1, 0.15) is 5.56 Å². The van der Waals surface area contributed by atoms with Crippen molar-refractivity contribution >= 4 is 40.2 Å². The number of hydrogen-bond donors (Lipinski definition) is 2. The first-order chi connectivity index (χ1) is 16.9. The molecule has 176 valence electrons. The minimum Gasteiger partial charge on any atom is -0.477 e. The van der Waals surface area contributed by atoms with Crippen molar-refractivity contribution in [1.82, 2.24) is 14.5 Å². The van der Waals surface area contributed by atoms with Gasteiger partial charge >= 0.3 is 5.97 Å². The fraction of sp³-hybridized carbons (Fsp3) is 0.192. The molecule has 0 atom stereocenters. The number of carbonyl (C=O) groups excluding carboxylic acids is 1. The van der Waals surface area contributed by atoms with Gasteiger partial charge in [-0.2, -0.15) is 4.98 Å². The molecule has 5 rings (SSSR count). The van der Waals surface area contributed by atoms with Gasteiger partial charge in [-0.25, -0.2) is 9.78 Å². The number of rotatable bonds is 5. The number of nitrogens with zero attached hydrogens (tertiary/aromatic N) is 4. The highest BCUT2D eigenvalue weighted by Crippen LogP contribution is 2.31. The Bertz CT molecular complexity index is 1540. The molecule has 0 saturated heterocycles. The minimum atomic E-state index is -1.31. The number of aromatic carboxylic acids is 1. The average Bonchev–Trinajstić information content (AvgIpc) is 3.28. The first kappa shape index (κ1) is 22.3. The maximum atomic E-state index is 12.8. The Morgan fingerprint density at radius 2 is 1.91 bits per heavy atom. The third-order valence-corrected chi connectivity index (χ3v) is 6.21. The molecule has 4 aromatic rings. The number of benzene rings is 2. The summed E-state index contributed by atoms with van der Waals surface area (Å²) in [6.45, 7) is 4.24. The molecule has 0 spiro atoms. The summed E-state index contributed by atoms with van der Waals surface area (Å²) in [5, 5.41) is 12.8. The molecule has 2 aromatic heterocycles. The van der Waals surface area contributed by atoms with Gasteiger partial charge in [0.05, 0.1) is 5.39 Å². The van der Waals surface area contributed by atoms with Crippen molar-refractivity contribution in [3.05, 3.63) is 81.8 Å². The lowest BCUT2D eigenvalue weighted by Crippen LogP contribution is -2.25. The predicted octanol–water partition coefficient (Wildman–Crippen LogP) is 3.69. The van der Waals surface area contributed by atoms with Gasteiger partial charge in [0.2, 0.25) is 17.3 Å². The largest absolute Gasteiger partial charge is 0.477 e. The monoisotopic (exact) mass is 469 g/mol. The minimum absolute atomic E-state index is 0.0183. The molecule has 0 radical (unpaired) electrons. The van der Waals surface area contributed by atoms with Gasteiger partial charge in [-0.1, -0.05) is 25.1 Å². The van der Waals surface area contributed by atoms with Crippen molar-refractivity contribution in [2.24, 2.45) is 0 Å². The summed E-state index contributed by atoms with van der Waals surface area (Å²) < 4.78 is 1.59. The topological polar surface area (TPSA) is 117 Å². The summed E-state index contributed by atoms with van der Waals surface area (Å²) in [7, 11) is 0. The van der Waals surface area contributed by atoms with E-state index in [4.69, 9.17) is 0 Å². The summed E-state index contributed by atoms with van der Waals surface area (Å²) >= 11 is 0. The third-order valence-electron chi connectivity index (χ3n) is 6.21. The number of aryl methyl sites for hydroxylation is 1. The lowest BCUT2D eigenvalue weighted by Gasteiger charge is -2.16. The highest BCUT2D eigenvalue weighted by atomic mass is 16.4. The number of nitrogens with one attached hydrogen (secondary N) is 1. The first-order valence-electron chi connectivity index (χ1n) is 11.3. The van der Waals surface area contributed by atoms with Gasteiger partial charge in [0.25, 0.3) is 0 Å². The summed E-state index contributed by atoms with van der Waals surface area (Å²) in [6, 6.07) is 13.4. The normalized spacial score (nSPS) is 12.6. The smallest absolute Gasteiger partial charge is 0.341 e. The van der Waals surface area contributed by atoms with Gasteiger partial charge in [0.15, 0.2) is 5.65 Å². The van der Waals surface area contributed by atoms with E-state index in [1.54, 1.807) is 16.4 Å². The molecular weight excluding hydrogens is 446 g/mol. The molecule has 2 aromatic carbocycles. The van der Waals surface area contributed by atoms with Gasteiger partial charge in [-0.3, -0.25) is 9.59 Å². The van der Waals surface area contributed by atoms with Crippen LogP contribution in [0.5, 0.6) is 0 Å². The van der Waals surface area contributed by atoms with Crippen molar-refractivity contribution in [1.29, 1.82) is 0 Å².